The first kappa shape index (κ1) is 18.8. The van der Waals surface area contributed by atoms with Crippen molar-refractivity contribution in [3.8, 4) is 0 Å². The number of amides is 1. The van der Waals surface area contributed by atoms with Crippen molar-refractivity contribution in [2.45, 2.75) is 52.4 Å². The van der Waals surface area contributed by atoms with Crippen molar-refractivity contribution in [2.75, 3.05) is 12.3 Å². The molecular weight excluding hydrogens is 298 g/mol. The number of carbonyl (C=O) groups excluding carboxylic acids is 1. The summed E-state index contributed by atoms with van der Waals surface area (Å²) in [4.78, 5) is 16.3. The number of halogens is 1. The minimum absolute atomic E-state index is 0. The van der Waals surface area contributed by atoms with Crippen LogP contribution in [0.15, 0.2) is 18.3 Å². The number of hydrogen-bond donors (Lipinski definition) is 2. The third-order valence-corrected chi connectivity index (χ3v) is 4.36. The number of anilines is 1. The summed E-state index contributed by atoms with van der Waals surface area (Å²) >= 11 is 0. The SMILES string of the molecule is CC(C)CC1(CNC(=O)Cc2ccc(N)cn2)CCCC1.Cl. The molecule has 0 spiro atoms. The molecule has 0 unspecified atom stereocenters. The second-order valence-electron chi connectivity index (χ2n) is 6.84. The Morgan fingerprint density at radius 1 is 1.36 bits per heavy atom. The number of nitrogens with two attached hydrogens (primary N) is 1. The minimum Gasteiger partial charge on any atom is -0.397 e. The fourth-order valence-corrected chi connectivity index (χ4v) is 3.50. The van der Waals surface area contributed by atoms with Crippen LogP contribution in [0.4, 0.5) is 5.69 Å². The smallest absolute Gasteiger partial charge is 0.226 e. The van der Waals surface area contributed by atoms with Crippen molar-refractivity contribution < 1.29 is 4.79 Å². The van der Waals surface area contributed by atoms with E-state index in [1.54, 1.807) is 12.3 Å². The number of carbonyl (C=O) groups is 1. The highest BCUT2D eigenvalue weighted by atomic mass is 35.5. The van der Waals surface area contributed by atoms with Crippen LogP contribution in [-0.2, 0) is 11.2 Å². The van der Waals surface area contributed by atoms with Crippen molar-refractivity contribution >= 4 is 24.0 Å². The number of rotatable bonds is 6. The predicted octanol–water partition coefficient (Wildman–Crippen LogP) is 3.35. The first-order valence-corrected chi connectivity index (χ1v) is 7.96. The summed E-state index contributed by atoms with van der Waals surface area (Å²) in [5, 5.41) is 3.12. The molecular formula is C17H28ClN3O. The van der Waals surface area contributed by atoms with E-state index in [-0.39, 0.29) is 18.3 Å². The number of aromatic nitrogens is 1. The standard InChI is InChI=1S/C17H27N3O.ClH/c1-13(2)10-17(7-3-4-8-17)12-20-16(21)9-15-6-5-14(18)11-19-15;/h5-6,11,13H,3-4,7-10,12,18H2,1-2H3,(H,20,21);1H. The van der Waals surface area contributed by atoms with Gasteiger partial charge in [-0.2, -0.15) is 0 Å². The number of nitrogens with one attached hydrogen (secondary N) is 1. The Morgan fingerprint density at radius 2 is 2.05 bits per heavy atom. The van der Waals surface area contributed by atoms with Crippen LogP contribution in [0.5, 0.6) is 0 Å². The van der Waals surface area contributed by atoms with Gasteiger partial charge < -0.3 is 11.1 Å². The van der Waals surface area contributed by atoms with Gasteiger partial charge in [-0.15, -0.1) is 12.4 Å². The van der Waals surface area contributed by atoms with E-state index in [4.69, 9.17) is 5.73 Å². The van der Waals surface area contributed by atoms with Gasteiger partial charge in [0.25, 0.3) is 0 Å². The number of nitrogen functional groups attached to an aromatic ring is 1. The molecule has 124 valence electrons. The highest BCUT2D eigenvalue weighted by Gasteiger charge is 2.34. The largest absolute Gasteiger partial charge is 0.397 e. The van der Waals surface area contributed by atoms with E-state index in [0.29, 0.717) is 23.4 Å². The molecule has 0 aliphatic heterocycles. The Hall–Kier alpha value is -1.29. The summed E-state index contributed by atoms with van der Waals surface area (Å²) < 4.78 is 0. The lowest BCUT2D eigenvalue weighted by Gasteiger charge is -2.31. The van der Waals surface area contributed by atoms with Gasteiger partial charge in [0.15, 0.2) is 0 Å². The average Bonchev–Trinajstić information content (AvgIpc) is 2.87. The maximum atomic E-state index is 12.1. The van der Waals surface area contributed by atoms with Crippen LogP contribution in [0.2, 0.25) is 0 Å². The molecule has 0 saturated heterocycles. The number of nitrogens with zero attached hydrogens (tertiary/aromatic N) is 1. The van der Waals surface area contributed by atoms with Crippen molar-refractivity contribution in [3.63, 3.8) is 0 Å². The molecule has 1 heterocycles. The molecule has 1 amide bonds. The number of hydrogen-bond acceptors (Lipinski definition) is 3. The van der Waals surface area contributed by atoms with Gasteiger partial charge in [-0.3, -0.25) is 9.78 Å². The molecule has 3 N–H and O–H groups in total. The minimum atomic E-state index is 0. The zero-order valence-corrected chi connectivity index (χ0v) is 14.4. The van der Waals surface area contributed by atoms with Crippen molar-refractivity contribution in [1.82, 2.24) is 10.3 Å². The van der Waals surface area contributed by atoms with Crippen LogP contribution < -0.4 is 11.1 Å². The fourth-order valence-electron chi connectivity index (χ4n) is 3.50. The van der Waals surface area contributed by atoms with E-state index in [0.717, 1.165) is 12.2 Å². The Bertz CT molecular complexity index is 467. The monoisotopic (exact) mass is 325 g/mol. The maximum absolute atomic E-state index is 12.1. The first-order chi connectivity index (χ1) is 9.99. The lowest BCUT2D eigenvalue weighted by Crippen LogP contribution is -2.37. The molecule has 0 bridgehead atoms. The van der Waals surface area contributed by atoms with Crippen LogP contribution in [0.3, 0.4) is 0 Å². The van der Waals surface area contributed by atoms with Gasteiger partial charge in [-0.1, -0.05) is 26.7 Å². The summed E-state index contributed by atoms with van der Waals surface area (Å²) in [7, 11) is 0. The first-order valence-electron chi connectivity index (χ1n) is 7.96. The van der Waals surface area contributed by atoms with Crippen LogP contribution in [0, 0.1) is 11.3 Å². The van der Waals surface area contributed by atoms with Gasteiger partial charge in [0.2, 0.25) is 5.91 Å². The molecule has 4 nitrogen and oxygen atoms in total. The highest BCUT2D eigenvalue weighted by Crippen LogP contribution is 2.42. The molecule has 22 heavy (non-hydrogen) atoms. The molecule has 1 aliphatic rings. The summed E-state index contributed by atoms with van der Waals surface area (Å²) in [6.45, 7) is 5.33. The van der Waals surface area contributed by atoms with Gasteiger partial charge in [0, 0.05) is 12.2 Å². The molecule has 0 atom stereocenters. The second-order valence-corrected chi connectivity index (χ2v) is 6.84. The molecule has 0 aromatic carbocycles. The summed E-state index contributed by atoms with van der Waals surface area (Å²) in [5.74, 6) is 0.737. The normalized spacial score (nSPS) is 16.3. The van der Waals surface area contributed by atoms with Crippen molar-refractivity contribution in [3.05, 3.63) is 24.0 Å². The predicted molar refractivity (Wildman–Crippen MR) is 93.0 cm³/mol. The molecule has 1 aromatic heterocycles. The average molecular weight is 326 g/mol. The van der Waals surface area contributed by atoms with E-state index in [2.05, 4.69) is 24.1 Å². The van der Waals surface area contributed by atoms with Gasteiger partial charge in [0.1, 0.15) is 0 Å². The molecule has 0 radical (unpaired) electrons. The maximum Gasteiger partial charge on any atom is 0.226 e. The van der Waals surface area contributed by atoms with E-state index < -0.39 is 0 Å². The van der Waals surface area contributed by atoms with Crippen LogP contribution >= 0.6 is 12.4 Å². The van der Waals surface area contributed by atoms with Crippen LogP contribution in [0.25, 0.3) is 0 Å². The molecule has 1 aliphatic carbocycles. The van der Waals surface area contributed by atoms with Gasteiger partial charge in [-0.05, 0) is 42.7 Å². The fraction of sp³-hybridized carbons (Fsp3) is 0.647. The molecule has 2 rings (SSSR count). The van der Waals surface area contributed by atoms with Gasteiger partial charge >= 0.3 is 0 Å². The Balaban J connectivity index is 0.00000242. The van der Waals surface area contributed by atoms with E-state index in [1.807, 2.05) is 6.07 Å². The lowest BCUT2D eigenvalue weighted by molar-refractivity contribution is -0.121. The zero-order chi connectivity index (χ0) is 15.3. The topological polar surface area (TPSA) is 68.0 Å². The second kappa shape index (κ2) is 8.37. The van der Waals surface area contributed by atoms with E-state index in [9.17, 15) is 4.79 Å². The molecule has 1 saturated carbocycles. The summed E-state index contributed by atoms with van der Waals surface area (Å²) in [5.41, 5.74) is 7.31. The van der Waals surface area contributed by atoms with Crippen molar-refractivity contribution in [2.24, 2.45) is 11.3 Å². The molecule has 5 heteroatoms. The molecule has 1 aromatic rings. The van der Waals surface area contributed by atoms with E-state index >= 15 is 0 Å². The van der Waals surface area contributed by atoms with Crippen LogP contribution in [0.1, 0.15) is 51.6 Å². The van der Waals surface area contributed by atoms with Crippen molar-refractivity contribution in [1.29, 1.82) is 0 Å². The highest BCUT2D eigenvalue weighted by molar-refractivity contribution is 5.85. The zero-order valence-electron chi connectivity index (χ0n) is 13.6. The Kier molecular flexibility index (Phi) is 7.14. The lowest BCUT2D eigenvalue weighted by atomic mass is 9.78. The summed E-state index contributed by atoms with van der Waals surface area (Å²) in [6, 6.07) is 3.60. The van der Waals surface area contributed by atoms with Gasteiger partial charge in [0.05, 0.1) is 18.3 Å². The quantitative estimate of drug-likeness (QED) is 0.842. The third kappa shape index (κ3) is 5.48. The van der Waals surface area contributed by atoms with E-state index in [1.165, 1.54) is 32.1 Å². The van der Waals surface area contributed by atoms with Crippen LogP contribution in [-0.4, -0.2) is 17.4 Å². The Labute approximate surface area is 139 Å². The Morgan fingerprint density at radius 3 is 2.59 bits per heavy atom. The number of pyridine rings is 1. The van der Waals surface area contributed by atoms with Gasteiger partial charge in [-0.25, -0.2) is 0 Å². The molecule has 1 fully saturated rings. The summed E-state index contributed by atoms with van der Waals surface area (Å²) in [6.07, 6.45) is 8.20. The third-order valence-electron chi connectivity index (χ3n) is 4.36.